The second-order valence-electron chi connectivity index (χ2n) is 4.23. The van der Waals surface area contributed by atoms with Crippen LogP contribution in [0.25, 0.3) is 0 Å². The van der Waals surface area contributed by atoms with Crippen LogP contribution in [0.2, 0.25) is 0 Å². The zero-order valence-corrected chi connectivity index (χ0v) is 7.33. The van der Waals surface area contributed by atoms with E-state index < -0.39 is 5.97 Å². The van der Waals surface area contributed by atoms with Crippen molar-refractivity contribution in [1.29, 1.82) is 0 Å². The fourth-order valence-electron chi connectivity index (χ4n) is 2.55. The van der Waals surface area contributed by atoms with Crippen molar-refractivity contribution in [2.45, 2.75) is 38.5 Å². The predicted octanol–water partition coefficient (Wildman–Crippen LogP) is 2.29. The first kappa shape index (κ1) is 8.09. The smallest absolute Gasteiger partial charge is 0.306 e. The molecule has 0 aromatic rings. The molecule has 12 heavy (non-hydrogen) atoms. The van der Waals surface area contributed by atoms with Crippen molar-refractivity contribution in [3.63, 3.8) is 0 Å². The number of carboxylic acids is 1. The summed E-state index contributed by atoms with van der Waals surface area (Å²) in [7, 11) is 0. The molecular formula is C10H16O2. The van der Waals surface area contributed by atoms with Gasteiger partial charge in [0.05, 0.1) is 5.92 Å². The largest absolute Gasteiger partial charge is 0.481 e. The maximum Gasteiger partial charge on any atom is 0.306 e. The molecule has 0 radical (unpaired) electrons. The minimum Gasteiger partial charge on any atom is -0.481 e. The molecule has 0 unspecified atom stereocenters. The van der Waals surface area contributed by atoms with Gasteiger partial charge in [0, 0.05) is 0 Å². The van der Waals surface area contributed by atoms with Gasteiger partial charge in [0.25, 0.3) is 0 Å². The third-order valence-corrected chi connectivity index (χ3v) is 3.36. The zero-order valence-electron chi connectivity index (χ0n) is 7.33. The van der Waals surface area contributed by atoms with E-state index in [-0.39, 0.29) is 5.92 Å². The molecule has 1 N–H and O–H groups in total. The summed E-state index contributed by atoms with van der Waals surface area (Å²) in [6.45, 7) is 0. The highest BCUT2D eigenvalue weighted by Crippen LogP contribution is 2.46. The molecule has 2 heteroatoms. The van der Waals surface area contributed by atoms with Crippen LogP contribution in [0.4, 0.5) is 0 Å². The van der Waals surface area contributed by atoms with E-state index in [0.29, 0.717) is 5.92 Å². The Labute approximate surface area is 73.0 Å². The van der Waals surface area contributed by atoms with Crippen LogP contribution in [0.1, 0.15) is 38.5 Å². The number of aliphatic carboxylic acids is 1. The molecule has 0 saturated heterocycles. The van der Waals surface area contributed by atoms with E-state index in [9.17, 15) is 4.79 Å². The van der Waals surface area contributed by atoms with Crippen LogP contribution < -0.4 is 0 Å². The van der Waals surface area contributed by atoms with Gasteiger partial charge in [-0.1, -0.05) is 12.8 Å². The van der Waals surface area contributed by atoms with Crippen molar-refractivity contribution in [3.8, 4) is 0 Å². The minimum absolute atomic E-state index is 0.00810. The molecule has 2 rings (SSSR count). The Bertz CT molecular complexity index is 184. The van der Waals surface area contributed by atoms with Gasteiger partial charge in [0.15, 0.2) is 0 Å². The fourth-order valence-corrected chi connectivity index (χ4v) is 2.55. The molecule has 2 atom stereocenters. The maximum atomic E-state index is 10.9. The molecule has 2 aliphatic carbocycles. The normalized spacial score (nSPS) is 36.3. The number of carboxylic acid groups (broad SMARTS) is 1. The summed E-state index contributed by atoms with van der Waals surface area (Å²) in [4.78, 5) is 10.9. The van der Waals surface area contributed by atoms with E-state index in [1.54, 1.807) is 0 Å². The lowest BCUT2D eigenvalue weighted by Gasteiger charge is -2.28. The Morgan fingerprint density at radius 2 is 1.75 bits per heavy atom. The van der Waals surface area contributed by atoms with E-state index in [2.05, 4.69) is 0 Å². The van der Waals surface area contributed by atoms with Gasteiger partial charge in [-0.3, -0.25) is 4.79 Å². The van der Waals surface area contributed by atoms with Crippen LogP contribution in [0, 0.1) is 17.8 Å². The first-order valence-electron chi connectivity index (χ1n) is 5.02. The topological polar surface area (TPSA) is 37.3 Å². The summed E-state index contributed by atoms with van der Waals surface area (Å²) >= 11 is 0. The second kappa shape index (κ2) is 3.08. The lowest BCUT2D eigenvalue weighted by atomic mass is 9.76. The van der Waals surface area contributed by atoms with Gasteiger partial charge in [0.2, 0.25) is 0 Å². The summed E-state index contributed by atoms with van der Waals surface area (Å²) in [5.74, 6) is 0.737. The predicted molar refractivity (Wildman–Crippen MR) is 45.8 cm³/mol. The number of carbonyl (C=O) groups is 1. The quantitative estimate of drug-likeness (QED) is 0.686. The molecule has 68 valence electrons. The molecule has 0 heterocycles. The molecule has 2 saturated carbocycles. The highest BCUT2D eigenvalue weighted by Gasteiger charge is 2.40. The van der Waals surface area contributed by atoms with Gasteiger partial charge in [0.1, 0.15) is 0 Å². The summed E-state index contributed by atoms with van der Waals surface area (Å²) < 4.78 is 0. The van der Waals surface area contributed by atoms with Crippen molar-refractivity contribution in [2.24, 2.45) is 17.8 Å². The van der Waals surface area contributed by atoms with Crippen LogP contribution in [0.15, 0.2) is 0 Å². The van der Waals surface area contributed by atoms with Gasteiger partial charge in [-0.15, -0.1) is 0 Å². The van der Waals surface area contributed by atoms with E-state index in [4.69, 9.17) is 5.11 Å². The van der Waals surface area contributed by atoms with Crippen molar-refractivity contribution in [1.82, 2.24) is 0 Å². The van der Waals surface area contributed by atoms with Crippen molar-refractivity contribution in [3.05, 3.63) is 0 Å². The van der Waals surface area contributed by atoms with E-state index in [1.807, 2.05) is 0 Å². The SMILES string of the molecule is O=C(O)[C@@H]1CCCC[C@@H]1C1CC1. The average molecular weight is 168 g/mol. The Hall–Kier alpha value is -0.530. The first-order valence-corrected chi connectivity index (χ1v) is 5.02. The fraction of sp³-hybridized carbons (Fsp3) is 0.900. The Morgan fingerprint density at radius 3 is 2.33 bits per heavy atom. The average Bonchev–Trinajstić information content (AvgIpc) is 2.87. The van der Waals surface area contributed by atoms with Gasteiger partial charge >= 0.3 is 5.97 Å². The summed E-state index contributed by atoms with van der Waals surface area (Å²) in [5, 5.41) is 8.99. The van der Waals surface area contributed by atoms with E-state index >= 15 is 0 Å². The minimum atomic E-state index is -0.549. The number of hydrogen-bond acceptors (Lipinski definition) is 1. The highest BCUT2D eigenvalue weighted by molar-refractivity contribution is 5.70. The molecule has 2 aliphatic rings. The summed E-state index contributed by atoms with van der Waals surface area (Å²) in [6, 6.07) is 0. The number of rotatable bonds is 2. The van der Waals surface area contributed by atoms with Crippen LogP contribution in [-0.2, 0) is 4.79 Å². The first-order chi connectivity index (χ1) is 5.79. The monoisotopic (exact) mass is 168 g/mol. The lowest BCUT2D eigenvalue weighted by molar-refractivity contribution is -0.145. The molecular weight excluding hydrogens is 152 g/mol. The molecule has 0 aliphatic heterocycles. The zero-order chi connectivity index (χ0) is 8.55. The molecule has 0 aromatic heterocycles. The van der Waals surface area contributed by atoms with E-state index in [0.717, 1.165) is 18.8 Å². The van der Waals surface area contributed by atoms with E-state index in [1.165, 1.54) is 25.7 Å². The Kier molecular flexibility index (Phi) is 2.07. The van der Waals surface area contributed by atoms with Crippen LogP contribution in [-0.4, -0.2) is 11.1 Å². The maximum absolute atomic E-state index is 10.9. The van der Waals surface area contributed by atoms with Crippen molar-refractivity contribution >= 4 is 5.97 Å². The van der Waals surface area contributed by atoms with Crippen LogP contribution in [0.5, 0.6) is 0 Å². The lowest BCUT2D eigenvalue weighted by Crippen LogP contribution is -2.28. The molecule has 0 amide bonds. The van der Waals surface area contributed by atoms with Gasteiger partial charge < -0.3 is 5.11 Å². The molecule has 2 fully saturated rings. The van der Waals surface area contributed by atoms with Crippen LogP contribution in [0.3, 0.4) is 0 Å². The Balaban J connectivity index is 2.00. The second-order valence-corrected chi connectivity index (χ2v) is 4.23. The molecule has 0 bridgehead atoms. The third-order valence-electron chi connectivity index (χ3n) is 3.36. The summed E-state index contributed by atoms with van der Waals surface area (Å²) in [6.07, 6.45) is 7.05. The van der Waals surface area contributed by atoms with Crippen molar-refractivity contribution in [2.75, 3.05) is 0 Å². The van der Waals surface area contributed by atoms with Gasteiger partial charge in [-0.25, -0.2) is 0 Å². The molecule has 0 spiro atoms. The highest BCUT2D eigenvalue weighted by atomic mass is 16.4. The van der Waals surface area contributed by atoms with Gasteiger partial charge in [-0.05, 0) is 37.5 Å². The molecule has 0 aromatic carbocycles. The third kappa shape index (κ3) is 1.47. The van der Waals surface area contributed by atoms with Gasteiger partial charge in [-0.2, -0.15) is 0 Å². The summed E-state index contributed by atoms with van der Waals surface area (Å²) in [5.41, 5.74) is 0. The Morgan fingerprint density at radius 1 is 1.08 bits per heavy atom. The molecule has 2 nitrogen and oxygen atoms in total. The van der Waals surface area contributed by atoms with Crippen molar-refractivity contribution < 1.29 is 9.90 Å². The number of hydrogen-bond donors (Lipinski definition) is 1. The van der Waals surface area contributed by atoms with Crippen LogP contribution >= 0.6 is 0 Å². The standard InChI is InChI=1S/C10H16O2/c11-10(12)9-4-2-1-3-8(9)7-5-6-7/h7-9H,1-6H2,(H,11,12)/t8-,9-/m1/s1.